The maximum Gasteiger partial charge on any atom is 0.138 e. The summed E-state index contributed by atoms with van der Waals surface area (Å²) < 4.78 is 1.87. The molecule has 0 unspecified atom stereocenters. The molecule has 0 saturated heterocycles. The predicted molar refractivity (Wildman–Crippen MR) is 59.6 cm³/mol. The SMILES string of the molecule is CCCn1nc(C)cc1NN.Cl.Cl. The fourth-order valence-electron chi connectivity index (χ4n) is 1.04. The molecule has 78 valence electrons. The molecule has 6 heteroatoms. The van der Waals surface area contributed by atoms with Crippen molar-refractivity contribution in [2.24, 2.45) is 5.84 Å². The van der Waals surface area contributed by atoms with Crippen LogP contribution in [0.5, 0.6) is 0 Å². The van der Waals surface area contributed by atoms with Crippen LogP contribution >= 0.6 is 24.8 Å². The van der Waals surface area contributed by atoms with E-state index in [1.807, 2.05) is 17.7 Å². The largest absolute Gasteiger partial charge is 0.309 e. The summed E-state index contributed by atoms with van der Waals surface area (Å²) in [5.74, 6) is 6.16. The fraction of sp³-hybridized carbons (Fsp3) is 0.571. The Morgan fingerprint density at radius 2 is 2.15 bits per heavy atom. The van der Waals surface area contributed by atoms with Crippen molar-refractivity contribution in [3.8, 4) is 0 Å². The first-order valence-corrected chi connectivity index (χ1v) is 3.79. The van der Waals surface area contributed by atoms with E-state index in [0.717, 1.165) is 24.5 Å². The smallest absolute Gasteiger partial charge is 0.138 e. The van der Waals surface area contributed by atoms with Crippen molar-refractivity contribution >= 4 is 30.6 Å². The number of halogens is 2. The Kier molecular flexibility index (Phi) is 8.10. The van der Waals surface area contributed by atoms with Gasteiger partial charge in [0.05, 0.1) is 5.69 Å². The number of nitrogen functional groups attached to an aromatic ring is 1. The van der Waals surface area contributed by atoms with Gasteiger partial charge in [-0.25, -0.2) is 10.5 Å². The van der Waals surface area contributed by atoms with Crippen molar-refractivity contribution in [1.29, 1.82) is 0 Å². The fourth-order valence-corrected chi connectivity index (χ4v) is 1.04. The summed E-state index contributed by atoms with van der Waals surface area (Å²) in [6, 6.07) is 1.93. The Bertz CT molecular complexity index is 236. The molecule has 13 heavy (non-hydrogen) atoms. The van der Waals surface area contributed by atoms with Crippen LogP contribution in [0.1, 0.15) is 19.0 Å². The molecule has 0 fully saturated rings. The average molecular weight is 227 g/mol. The molecule has 0 aliphatic rings. The van der Waals surface area contributed by atoms with Crippen molar-refractivity contribution in [2.75, 3.05) is 5.43 Å². The summed E-state index contributed by atoms with van der Waals surface area (Å²) in [5, 5.41) is 4.25. The third-order valence-electron chi connectivity index (χ3n) is 1.49. The summed E-state index contributed by atoms with van der Waals surface area (Å²) in [7, 11) is 0. The molecule has 4 nitrogen and oxygen atoms in total. The van der Waals surface area contributed by atoms with E-state index in [1.54, 1.807) is 0 Å². The topological polar surface area (TPSA) is 55.9 Å². The van der Waals surface area contributed by atoms with Crippen molar-refractivity contribution in [3.05, 3.63) is 11.8 Å². The van der Waals surface area contributed by atoms with E-state index in [-0.39, 0.29) is 24.8 Å². The second kappa shape index (κ2) is 7.00. The van der Waals surface area contributed by atoms with Gasteiger partial charge in [0.25, 0.3) is 0 Å². The summed E-state index contributed by atoms with van der Waals surface area (Å²) >= 11 is 0. The van der Waals surface area contributed by atoms with E-state index in [2.05, 4.69) is 17.4 Å². The van der Waals surface area contributed by atoms with Crippen molar-refractivity contribution < 1.29 is 0 Å². The molecule has 0 aliphatic carbocycles. The minimum Gasteiger partial charge on any atom is -0.309 e. The molecule has 0 spiro atoms. The van der Waals surface area contributed by atoms with Gasteiger partial charge >= 0.3 is 0 Å². The molecule has 0 bridgehead atoms. The van der Waals surface area contributed by atoms with Gasteiger partial charge in [-0.2, -0.15) is 5.10 Å². The molecule has 0 radical (unpaired) electrons. The minimum atomic E-state index is 0. The third kappa shape index (κ3) is 3.85. The molecule has 1 aromatic rings. The van der Waals surface area contributed by atoms with E-state index in [4.69, 9.17) is 5.84 Å². The first-order valence-electron chi connectivity index (χ1n) is 3.79. The molecular formula is C7H16Cl2N4. The lowest BCUT2D eigenvalue weighted by atomic mass is 10.4. The summed E-state index contributed by atoms with van der Waals surface area (Å²) in [5.41, 5.74) is 3.59. The Balaban J connectivity index is 0. The normalized spacial score (nSPS) is 8.54. The number of hydrazine groups is 1. The number of aryl methyl sites for hydroxylation is 2. The van der Waals surface area contributed by atoms with Crippen molar-refractivity contribution in [3.63, 3.8) is 0 Å². The number of anilines is 1. The molecular weight excluding hydrogens is 211 g/mol. The third-order valence-corrected chi connectivity index (χ3v) is 1.49. The van der Waals surface area contributed by atoms with Crippen LogP contribution in [0.25, 0.3) is 0 Å². The summed E-state index contributed by atoms with van der Waals surface area (Å²) in [4.78, 5) is 0. The second-order valence-electron chi connectivity index (χ2n) is 2.54. The van der Waals surface area contributed by atoms with Crippen LogP contribution in [0.4, 0.5) is 5.82 Å². The number of hydrogen-bond acceptors (Lipinski definition) is 3. The molecule has 0 saturated carbocycles. The Morgan fingerprint density at radius 1 is 1.54 bits per heavy atom. The lowest BCUT2D eigenvalue weighted by molar-refractivity contribution is 0.603. The average Bonchev–Trinajstić information content (AvgIpc) is 2.32. The molecule has 1 heterocycles. The van der Waals surface area contributed by atoms with Gasteiger partial charge in [-0.1, -0.05) is 6.92 Å². The van der Waals surface area contributed by atoms with Crippen LogP contribution in [-0.2, 0) is 6.54 Å². The summed E-state index contributed by atoms with van der Waals surface area (Å²) in [6.45, 7) is 4.97. The van der Waals surface area contributed by atoms with Gasteiger partial charge in [0.2, 0.25) is 0 Å². The number of nitrogens with zero attached hydrogens (tertiary/aromatic N) is 2. The van der Waals surface area contributed by atoms with Gasteiger partial charge in [0, 0.05) is 12.6 Å². The molecule has 0 aromatic carbocycles. The van der Waals surface area contributed by atoms with Gasteiger partial charge in [-0.3, -0.25) is 0 Å². The number of nitrogens with one attached hydrogen (secondary N) is 1. The van der Waals surface area contributed by atoms with Crippen LogP contribution < -0.4 is 11.3 Å². The minimum absolute atomic E-state index is 0. The van der Waals surface area contributed by atoms with Gasteiger partial charge in [-0.05, 0) is 13.3 Å². The van der Waals surface area contributed by atoms with E-state index in [1.165, 1.54) is 0 Å². The molecule has 0 atom stereocenters. The zero-order valence-corrected chi connectivity index (χ0v) is 9.41. The predicted octanol–water partition coefficient (Wildman–Crippen LogP) is 1.73. The highest BCUT2D eigenvalue weighted by atomic mass is 35.5. The first kappa shape index (κ1) is 15.0. The van der Waals surface area contributed by atoms with Crippen LogP contribution in [0.15, 0.2) is 6.07 Å². The Labute approximate surface area is 90.7 Å². The van der Waals surface area contributed by atoms with Crippen LogP contribution in [0.3, 0.4) is 0 Å². The van der Waals surface area contributed by atoms with E-state index >= 15 is 0 Å². The lowest BCUT2D eigenvalue weighted by Gasteiger charge is -2.02. The highest BCUT2D eigenvalue weighted by molar-refractivity contribution is 5.85. The van der Waals surface area contributed by atoms with Crippen LogP contribution in [-0.4, -0.2) is 9.78 Å². The van der Waals surface area contributed by atoms with E-state index in [9.17, 15) is 0 Å². The number of hydrogen-bond donors (Lipinski definition) is 2. The monoisotopic (exact) mass is 226 g/mol. The zero-order chi connectivity index (χ0) is 8.27. The van der Waals surface area contributed by atoms with Gasteiger partial charge < -0.3 is 5.43 Å². The number of rotatable bonds is 3. The molecule has 1 aromatic heterocycles. The van der Waals surface area contributed by atoms with Gasteiger partial charge in [0.1, 0.15) is 5.82 Å². The molecule has 0 amide bonds. The quantitative estimate of drug-likeness (QED) is 0.610. The van der Waals surface area contributed by atoms with Crippen LogP contribution in [0, 0.1) is 6.92 Å². The van der Waals surface area contributed by atoms with Gasteiger partial charge in [-0.15, -0.1) is 24.8 Å². The molecule has 0 aliphatic heterocycles. The Hall–Kier alpha value is -0.450. The molecule has 3 N–H and O–H groups in total. The van der Waals surface area contributed by atoms with Gasteiger partial charge in [0.15, 0.2) is 0 Å². The molecule has 1 rings (SSSR count). The lowest BCUT2D eigenvalue weighted by Crippen LogP contribution is -2.12. The standard InChI is InChI=1S/C7H14N4.2ClH/c1-3-4-11-7(9-8)5-6(2)10-11;;/h5,9H,3-4,8H2,1-2H3;2*1H. The first-order chi connectivity index (χ1) is 5.27. The van der Waals surface area contributed by atoms with Crippen LogP contribution in [0.2, 0.25) is 0 Å². The highest BCUT2D eigenvalue weighted by Crippen LogP contribution is 2.08. The van der Waals surface area contributed by atoms with Crippen molar-refractivity contribution in [1.82, 2.24) is 9.78 Å². The second-order valence-corrected chi connectivity index (χ2v) is 2.54. The maximum absolute atomic E-state index is 5.28. The van der Waals surface area contributed by atoms with E-state index < -0.39 is 0 Å². The summed E-state index contributed by atoms with van der Waals surface area (Å²) in [6.07, 6.45) is 1.07. The highest BCUT2D eigenvalue weighted by Gasteiger charge is 2.00. The number of nitrogens with two attached hydrogens (primary N) is 1. The Morgan fingerprint density at radius 3 is 2.62 bits per heavy atom. The van der Waals surface area contributed by atoms with Crippen molar-refractivity contribution in [2.45, 2.75) is 26.8 Å². The number of aromatic nitrogens is 2. The maximum atomic E-state index is 5.28. The zero-order valence-electron chi connectivity index (χ0n) is 7.78. The van der Waals surface area contributed by atoms with E-state index in [0.29, 0.717) is 0 Å².